The zero-order valence-corrected chi connectivity index (χ0v) is 36.0. The third-order valence-electron chi connectivity index (χ3n) is 9.59. The van der Waals surface area contributed by atoms with Gasteiger partial charge in [-0.25, -0.2) is 4.57 Å². The minimum atomic E-state index is -4.62. The van der Waals surface area contributed by atoms with Gasteiger partial charge < -0.3 is 24.6 Å². The summed E-state index contributed by atoms with van der Waals surface area (Å²) in [5.74, 6) is -0.971. The van der Waals surface area contributed by atoms with Crippen molar-refractivity contribution in [2.75, 3.05) is 26.4 Å². The second-order valence-electron chi connectivity index (χ2n) is 15.1. The molecule has 1 unspecified atom stereocenters. The largest absolute Gasteiger partial charge is 0.472 e. The van der Waals surface area contributed by atoms with Gasteiger partial charge >= 0.3 is 19.8 Å². The molecule has 0 aromatic heterocycles. The van der Waals surface area contributed by atoms with Crippen molar-refractivity contribution in [1.82, 2.24) is 0 Å². The van der Waals surface area contributed by atoms with Gasteiger partial charge in [-0.2, -0.15) is 0 Å². The Labute approximate surface area is 336 Å². The van der Waals surface area contributed by atoms with Crippen LogP contribution in [0.2, 0.25) is 0 Å². The molecule has 0 fully saturated rings. The number of unbranched alkanes of at least 4 members (excludes halogenated alkanes) is 24. The molecule has 0 saturated carbocycles. The first-order chi connectivity index (χ1) is 26.7. The molecule has 0 aromatic carbocycles. The number of allylic oxidation sites excluding steroid dienone is 4. The molecule has 11 heteroatoms. The number of carbonyl (C=O) groups excluding carboxylic acids is 2. The lowest BCUT2D eigenvalue weighted by molar-refractivity contribution is -0.161. The molecule has 0 aliphatic heterocycles. The van der Waals surface area contributed by atoms with Gasteiger partial charge in [0.2, 0.25) is 0 Å². The average molecular weight is 803 g/mol. The van der Waals surface area contributed by atoms with Crippen molar-refractivity contribution in [2.45, 2.75) is 219 Å². The highest BCUT2D eigenvalue weighted by Gasteiger charge is 2.27. The summed E-state index contributed by atoms with van der Waals surface area (Å²) in [7, 11) is -4.62. The van der Waals surface area contributed by atoms with E-state index in [1.807, 2.05) is 0 Å². The SMILES string of the molecule is CCCCCCCCCCCCCCCC/C=C/CC/C=C/CCCC(=O)OC[C@@H](COP(=O)(O)OC[C@H](O)CO)OC(=O)CCCCCCCCCCC. The van der Waals surface area contributed by atoms with E-state index in [-0.39, 0.29) is 19.4 Å². The van der Waals surface area contributed by atoms with Crippen molar-refractivity contribution in [2.24, 2.45) is 0 Å². The normalized spacial score (nSPS) is 14.1. The zero-order valence-electron chi connectivity index (χ0n) is 35.2. The van der Waals surface area contributed by atoms with E-state index in [9.17, 15) is 24.2 Å². The first kappa shape index (κ1) is 53.5. The van der Waals surface area contributed by atoms with Gasteiger partial charge in [-0.1, -0.05) is 173 Å². The van der Waals surface area contributed by atoms with Gasteiger partial charge in [0.1, 0.15) is 12.7 Å². The number of aliphatic hydroxyl groups excluding tert-OH is 2. The smallest absolute Gasteiger partial charge is 0.462 e. The maximum Gasteiger partial charge on any atom is 0.472 e. The van der Waals surface area contributed by atoms with Crippen LogP contribution in [0.5, 0.6) is 0 Å². The summed E-state index contributed by atoms with van der Waals surface area (Å²) in [5, 5.41) is 18.3. The zero-order chi connectivity index (χ0) is 40.5. The molecule has 0 spiro atoms. The Hall–Kier alpha value is -1.55. The predicted octanol–water partition coefficient (Wildman–Crippen LogP) is 11.8. The van der Waals surface area contributed by atoms with Crippen LogP contribution in [-0.2, 0) is 32.7 Å². The van der Waals surface area contributed by atoms with Crippen LogP contribution in [0, 0.1) is 0 Å². The van der Waals surface area contributed by atoms with Crippen molar-refractivity contribution in [3.05, 3.63) is 24.3 Å². The van der Waals surface area contributed by atoms with Crippen LogP contribution in [-0.4, -0.2) is 65.7 Å². The highest BCUT2D eigenvalue weighted by atomic mass is 31.2. The summed E-state index contributed by atoms with van der Waals surface area (Å²) in [6.07, 6.45) is 40.4. The highest BCUT2D eigenvalue weighted by molar-refractivity contribution is 7.47. The molecule has 55 heavy (non-hydrogen) atoms. The Balaban J connectivity index is 4.17. The number of phosphoric acid groups is 1. The summed E-state index contributed by atoms with van der Waals surface area (Å²) in [6.45, 7) is 2.33. The molecule has 0 saturated heterocycles. The van der Waals surface area contributed by atoms with Crippen LogP contribution in [0.4, 0.5) is 0 Å². The quantitative estimate of drug-likeness (QED) is 0.0236. The Morgan fingerprint density at radius 2 is 0.927 bits per heavy atom. The molecule has 0 bridgehead atoms. The average Bonchev–Trinajstić information content (AvgIpc) is 3.17. The van der Waals surface area contributed by atoms with Gasteiger partial charge in [-0.05, 0) is 44.9 Å². The standard InChI is InChI=1S/C44H83O10P/c1-3-5-7-9-11-13-14-15-16-17-18-19-20-21-22-23-24-25-26-28-29-31-33-35-43(47)51-39-42(40-53-55(49,50)52-38-41(46)37-45)54-44(48)36-34-32-30-27-12-10-8-6-4-2/h23-24,28-29,41-42,45-46H,3-22,25-27,30-40H2,1-2H3,(H,49,50)/b24-23+,29-28+/t41-,42+/m1/s1. The second-order valence-corrected chi connectivity index (χ2v) is 16.5. The lowest BCUT2D eigenvalue weighted by atomic mass is 10.0. The van der Waals surface area contributed by atoms with E-state index in [2.05, 4.69) is 42.7 Å². The number of phosphoric ester groups is 1. The summed E-state index contributed by atoms with van der Waals surface area (Å²) in [5.41, 5.74) is 0. The fraction of sp³-hybridized carbons (Fsp3) is 0.864. The summed E-state index contributed by atoms with van der Waals surface area (Å²) < 4.78 is 32.6. The molecule has 0 amide bonds. The molecule has 0 aromatic rings. The molecular weight excluding hydrogens is 719 g/mol. The molecule has 10 nitrogen and oxygen atoms in total. The molecule has 0 aliphatic rings. The first-order valence-electron chi connectivity index (χ1n) is 22.3. The van der Waals surface area contributed by atoms with Crippen molar-refractivity contribution in [3.63, 3.8) is 0 Å². The Morgan fingerprint density at radius 3 is 1.42 bits per heavy atom. The molecule has 0 rings (SSSR count). The Bertz CT molecular complexity index is 972. The molecule has 3 N–H and O–H groups in total. The van der Waals surface area contributed by atoms with Crippen molar-refractivity contribution in [1.29, 1.82) is 0 Å². The van der Waals surface area contributed by atoms with Crippen LogP contribution < -0.4 is 0 Å². The van der Waals surface area contributed by atoms with E-state index in [4.69, 9.17) is 19.1 Å². The molecule has 3 atom stereocenters. The number of hydrogen-bond acceptors (Lipinski definition) is 9. The highest BCUT2D eigenvalue weighted by Crippen LogP contribution is 2.43. The van der Waals surface area contributed by atoms with E-state index < -0.39 is 51.8 Å². The maximum absolute atomic E-state index is 12.5. The lowest BCUT2D eigenvalue weighted by Crippen LogP contribution is -2.29. The number of ether oxygens (including phenoxy) is 2. The van der Waals surface area contributed by atoms with E-state index in [1.165, 1.54) is 122 Å². The first-order valence-corrected chi connectivity index (χ1v) is 23.8. The molecule has 324 valence electrons. The van der Waals surface area contributed by atoms with Gasteiger partial charge in [0, 0.05) is 12.8 Å². The lowest BCUT2D eigenvalue weighted by Gasteiger charge is -2.20. The molecule has 0 heterocycles. The van der Waals surface area contributed by atoms with Gasteiger partial charge in [-0.3, -0.25) is 18.6 Å². The minimum absolute atomic E-state index is 0.178. The van der Waals surface area contributed by atoms with Crippen molar-refractivity contribution in [3.8, 4) is 0 Å². The third kappa shape index (κ3) is 40.4. The minimum Gasteiger partial charge on any atom is -0.462 e. The number of aliphatic hydroxyl groups is 2. The van der Waals surface area contributed by atoms with Crippen LogP contribution in [0.3, 0.4) is 0 Å². The Kier molecular flexibility index (Phi) is 39.5. The molecular formula is C44H83O10P. The number of carbonyl (C=O) groups is 2. The van der Waals surface area contributed by atoms with Crippen LogP contribution in [0.15, 0.2) is 24.3 Å². The predicted molar refractivity (Wildman–Crippen MR) is 224 cm³/mol. The second kappa shape index (κ2) is 40.6. The number of rotatable bonds is 42. The van der Waals surface area contributed by atoms with Crippen LogP contribution >= 0.6 is 7.82 Å². The number of esters is 2. The van der Waals surface area contributed by atoms with Crippen molar-refractivity contribution >= 4 is 19.8 Å². The number of hydrogen-bond donors (Lipinski definition) is 3. The fourth-order valence-corrected chi connectivity index (χ4v) is 6.92. The van der Waals surface area contributed by atoms with Crippen LogP contribution in [0.1, 0.15) is 206 Å². The summed E-state index contributed by atoms with van der Waals surface area (Å²) >= 11 is 0. The topological polar surface area (TPSA) is 149 Å². The van der Waals surface area contributed by atoms with E-state index >= 15 is 0 Å². The fourth-order valence-electron chi connectivity index (χ4n) is 6.13. The van der Waals surface area contributed by atoms with Crippen LogP contribution in [0.25, 0.3) is 0 Å². The summed E-state index contributed by atoms with van der Waals surface area (Å²) in [4.78, 5) is 34.8. The molecule has 0 radical (unpaired) electrons. The van der Waals surface area contributed by atoms with E-state index in [0.717, 1.165) is 44.9 Å². The van der Waals surface area contributed by atoms with Gasteiger partial charge in [0.15, 0.2) is 6.10 Å². The summed E-state index contributed by atoms with van der Waals surface area (Å²) in [6, 6.07) is 0. The van der Waals surface area contributed by atoms with Gasteiger partial charge in [0.05, 0.1) is 19.8 Å². The molecule has 0 aliphatic carbocycles. The van der Waals surface area contributed by atoms with Gasteiger partial charge in [-0.15, -0.1) is 0 Å². The van der Waals surface area contributed by atoms with E-state index in [0.29, 0.717) is 12.8 Å². The van der Waals surface area contributed by atoms with E-state index in [1.54, 1.807) is 0 Å². The van der Waals surface area contributed by atoms with Gasteiger partial charge in [0.25, 0.3) is 0 Å². The monoisotopic (exact) mass is 803 g/mol. The maximum atomic E-state index is 12.5. The van der Waals surface area contributed by atoms with Crippen molar-refractivity contribution < 1.29 is 47.8 Å². The Morgan fingerprint density at radius 1 is 0.527 bits per heavy atom. The third-order valence-corrected chi connectivity index (χ3v) is 10.5.